The van der Waals surface area contributed by atoms with Crippen molar-refractivity contribution in [2.75, 3.05) is 13.1 Å². The molecule has 2 rings (SSSR count). The van der Waals surface area contributed by atoms with Crippen LogP contribution in [0.5, 0.6) is 0 Å². The highest BCUT2D eigenvalue weighted by Gasteiger charge is 2.39. The van der Waals surface area contributed by atoms with Crippen molar-refractivity contribution in [2.24, 2.45) is 5.41 Å². The number of hydrogen-bond donors (Lipinski definition) is 1. The zero-order valence-electron chi connectivity index (χ0n) is 14.3. The van der Waals surface area contributed by atoms with Crippen LogP contribution in [0.25, 0.3) is 0 Å². The topological polar surface area (TPSA) is 49.4 Å². The van der Waals surface area contributed by atoms with Crippen LogP contribution < -0.4 is 5.32 Å². The molecule has 23 heavy (non-hydrogen) atoms. The molecule has 1 fully saturated rings. The number of hydrogen-bond acceptors (Lipinski definition) is 2. The van der Waals surface area contributed by atoms with E-state index in [1.807, 2.05) is 25.7 Å². The van der Waals surface area contributed by atoms with Crippen molar-refractivity contribution in [2.45, 2.75) is 46.1 Å². The molecule has 5 heteroatoms. The molecule has 4 nitrogen and oxygen atoms in total. The van der Waals surface area contributed by atoms with Gasteiger partial charge in [-0.15, -0.1) is 0 Å². The Bertz CT molecular complexity index is 582. The first kappa shape index (κ1) is 17.4. The zero-order valence-corrected chi connectivity index (χ0v) is 14.3. The fourth-order valence-electron chi connectivity index (χ4n) is 3.16. The molecule has 1 N–H and O–H groups in total. The van der Waals surface area contributed by atoms with Crippen LogP contribution in [-0.4, -0.2) is 29.8 Å². The van der Waals surface area contributed by atoms with Gasteiger partial charge in [-0.1, -0.05) is 32.9 Å². The number of nitrogens with one attached hydrogen (secondary N) is 1. The summed E-state index contributed by atoms with van der Waals surface area (Å²) in [4.78, 5) is 25.9. The highest BCUT2D eigenvalue weighted by Crippen LogP contribution is 2.34. The number of carbonyl (C=O) groups is 2. The summed E-state index contributed by atoms with van der Waals surface area (Å²) < 4.78 is 13.2. The molecule has 0 radical (unpaired) electrons. The lowest BCUT2D eigenvalue weighted by Crippen LogP contribution is -2.55. The van der Waals surface area contributed by atoms with Crippen LogP contribution in [0.4, 0.5) is 4.39 Å². The van der Waals surface area contributed by atoms with Gasteiger partial charge in [0.05, 0.1) is 5.54 Å². The van der Waals surface area contributed by atoms with Crippen LogP contribution in [0, 0.1) is 11.2 Å². The number of benzene rings is 1. The van der Waals surface area contributed by atoms with E-state index in [-0.39, 0.29) is 17.6 Å². The number of piperidine rings is 1. The SMILES string of the molecule is CC(=O)NC1(c2ccc(F)cc2)CCN(C(=O)C(C)(C)C)CC1. The summed E-state index contributed by atoms with van der Waals surface area (Å²) in [7, 11) is 0. The van der Waals surface area contributed by atoms with E-state index >= 15 is 0 Å². The molecule has 0 aliphatic carbocycles. The van der Waals surface area contributed by atoms with Crippen molar-refractivity contribution in [3.8, 4) is 0 Å². The number of halogens is 1. The lowest BCUT2D eigenvalue weighted by molar-refractivity contribution is -0.141. The second-order valence-electron chi connectivity index (χ2n) is 7.31. The molecule has 1 aliphatic heterocycles. The van der Waals surface area contributed by atoms with Gasteiger partial charge in [0.1, 0.15) is 5.82 Å². The fourth-order valence-corrected chi connectivity index (χ4v) is 3.16. The number of amides is 2. The molecule has 0 unspecified atom stereocenters. The number of likely N-dealkylation sites (tertiary alicyclic amines) is 1. The van der Waals surface area contributed by atoms with Gasteiger partial charge in [0.2, 0.25) is 11.8 Å². The van der Waals surface area contributed by atoms with E-state index in [1.165, 1.54) is 19.1 Å². The smallest absolute Gasteiger partial charge is 0.227 e. The fraction of sp³-hybridized carbons (Fsp3) is 0.556. The van der Waals surface area contributed by atoms with Crippen molar-refractivity contribution in [1.29, 1.82) is 0 Å². The maximum atomic E-state index is 13.2. The van der Waals surface area contributed by atoms with Gasteiger partial charge in [0.15, 0.2) is 0 Å². The van der Waals surface area contributed by atoms with E-state index in [0.717, 1.165) is 5.56 Å². The Morgan fingerprint density at radius 1 is 1.13 bits per heavy atom. The Balaban J connectivity index is 2.22. The highest BCUT2D eigenvalue weighted by atomic mass is 19.1. The molecule has 1 saturated heterocycles. The number of rotatable bonds is 2. The molecule has 1 heterocycles. The molecule has 1 aromatic rings. The third kappa shape index (κ3) is 3.89. The first-order valence-electron chi connectivity index (χ1n) is 7.98. The van der Waals surface area contributed by atoms with Crippen LogP contribution >= 0.6 is 0 Å². The third-order valence-corrected chi connectivity index (χ3v) is 4.36. The summed E-state index contributed by atoms with van der Waals surface area (Å²) >= 11 is 0. The van der Waals surface area contributed by atoms with Crippen molar-refractivity contribution in [1.82, 2.24) is 10.2 Å². The maximum Gasteiger partial charge on any atom is 0.227 e. The van der Waals surface area contributed by atoms with Gasteiger partial charge in [-0.25, -0.2) is 4.39 Å². The number of nitrogens with zero attached hydrogens (tertiary/aromatic N) is 1. The van der Waals surface area contributed by atoms with E-state index in [0.29, 0.717) is 25.9 Å². The Morgan fingerprint density at radius 3 is 2.09 bits per heavy atom. The van der Waals surface area contributed by atoms with Crippen LogP contribution in [-0.2, 0) is 15.1 Å². The molecule has 0 bridgehead atoms. The van der Waals surface area contributed by atoms with Crippen molar-refractivity contribution in [3.63, 3.8) is 0 Å². The van der Waals surface area contributed by atoms with Crippen molar-refractivity contribution in [3.05, 3.63) is 35.6 Å². The first-order valence-corrected chi connectivity index (χ1v) is 7.98. The Kier molecular flexibility index (Phi) is 4.78. The Labute approximate surface area is 137 Å². The molecular formula is C18H25FN2O2. The second-order valence-corrected chi connectivity index (χ2v) is 7.31. The predicted octanol–water partition coefficient (Wildman–Crippen LogP) is 2.83. The minimum atomic E-state index is -0.534. The molecule has 0 atom stereocenters. The van der Waals surface area contributed by atoms with E-state index in [2.05, 4.69) is 5.32 Å². The molecule has 0 saturated carbocycles. The lowest BCUT2D eigenvalue weighted by Gasteiger charge is -2.44. The van der Waals surface area contributed by atoms with Gasteiger partial charge in [0.25, 0.3) is 0 Å². The van der Waals surface area contributed by atoms with E-state index in [1.54, 1.807) is 12.1 Å². The van der Waals surface area contributed by atoms with E-state index < -0.39 is 11.0 Å². The van der Waals surface area contributed by atoms with Crippen LogP contribution in [0.2, 0.25) is 0 Å². The lowest BCUT2D eigenvalue weighted by atomic mass is 9.80. The Hall–Kier alpha value is -1.91. The third-order valence-electron chi connectivity index (χ3n) is 4.36. The molecule has 2 amide bonds. The summed E-state index contributed by atoms with van der Waals surface area (Å²) in [6.07, 6.45) is 1.25. The Morgan fingerprint density at radius 2 is 1.65 bits per heavy atom. The zero-order chi connectivity index (χ0) is 17.3. The summed E-state index contributed by atoms with van der Waals surface area (Å²) in [5.41, 5.74) is -0.0603. The van der Waals surface area contributed by atoms with Gasteiger partial charge in [-0.05, 0) is 30.5 Å². The second kappa shape index (κ2) is 6.30. The van der Waals surface area contributed by atoms with Gasteiger partial charge in [-0.3, -0.25) is 9.59 Å². The average Bonchev–Trinajstić information content (AvgIpc) is 2.46. The number of carbonyl (C=O) groups excluding carboxylic acids is 2. The minimum Gasteiger partial charge on any atom is -0.347 e. The first-order chi connectivity index (χ1) is 10.6. The van der Waals surface area contributed by atoms with Crippen molar-refractivity contribution >= 4 is 11.8 Å². The van der Waals surface area contributed by atoms with Crippen molar-refractivity contribution < 1.29 is 14.0 Å². The summed E-state index contributed by atoms with van der Waals surface area (Å²) in [6, 6.07) is 6.25. The molecular weight excluding hydrogens is 295 g/mol. The van der Waals surface area contributed by atoms with E-state index in [9.17, 15) is 14.0 Å². The molecule has 0 aromatic heterocycles. The summed E-state index contributed by atoms with van der Waals surface area (Å²) in [5, 5.41) is 3.03. The quantitative estimate of drug-likeness (QED) is 0.911. The van der Waals surface area contributed by atoms with Gasteiger partial charge < -0.3 is 10.2 Å². The van der Waals surface area contributed by atoms with Gasteiger partial charge in [-0.2, -0.15) is 0 Å². The average molecular weight is 320 g/mol. The standard InChI is InChI=1S/C18H25FN2O2/c1-13(22)20-18(14-5-7-15(19)8-6-14)9-11-21(12-10-18)16(23)17(2,3)4/h5-8H,9-12H2,1-4H3,(H,20,22). The monoisotopic (exact) mass is 320 g/mol. The highest BCUT2D eigenvalue weighted by molar-refractivity contribution is 5.81. The predicted molar refractivity (Wildman–Crippen MR) is 87.2 cm³/mol. The molecule has 1 aromatic carbocycles. The van der Waals surface area contributed by atoms with E-state index in [4.69, 9.17) is 0 Å². The summed E-state index contributed by atoms with van der Waals surface area (Å²) in [5.74, 6) is -0.301. The molecule has 126 valence electrons. The largest absolute Gasteiger partial charge is 0.347 e. The van der Waals surface area contributed by atoms with Crippen LogP contribution in [0.15, 0.2) is 24.3 Å². The van der Waals surface area contributed by atoms with Crippen LogP contribution in [0.3, 0.4) is 0 Å². The van der Waals surface area contributed by atoms with Gasteiger partial charge in [0, 0.05) is 25.4 Å². The normalized spacial score (nSPS) is 17.7. The van der Waals surface area contributed by atoms with Gasteiger partial charge >= 0.3 is 0 Å². The minimum absolute atomic E-state index is 0.119. The molecule has 1 aliphatic rings. The maximum absolute atomic E-state index is 13.2. The molecule has 0 spiro atoms. The summed E-state index contributed by atoms with van der Waals surface area (Å²) in [6.45, 7) is 8.36. The van der Waals surface area contributed by atoms with Crippen LogP contribution in [0.1, 0.15) is 46.1 Å².